The van der Waals surface area contributed by atoms with E-state index in [0.717, 1.165) is 24.5 Å². The first-order chi connectivity index (χ1) is 15.3. The van der Waals surface area contributed by atoms with Gasteiger partial charge in [0, 0.05) is 6.04 Å². The van der Waals surface area contributed by atoms with Crippen LogP contribution in [0.1, 0.15) is 48.4 Å². The molecule has 0 aliphatic carbocycles. The number of hydrogen-bond acceptors (Lipinski definition) is 3. The van der Waals surface area contributed by atoms with Gasteiger partial charge in [-0.25, -0.2) is 0 Å². The van der Waals surface area contributed by atoms with Crippen molar-refractivity contribution in [2.75, 3.05) is 20.2 Å². The molecule has 1 aliphatic rings. The highest BCUT2D eigenvalue weighted by Crippen LogP contribution is 2.31. The summed E-state index contributed by atoms with van der Waals surface area (Å²) in [4.78, 5) is 2.69. The minimum absolute atomic E-state index is 0.519. The lowest BCUT2D eigenvalue weighted by Gasteiger charge is -2.36. The highest BCUT2D eigenvalue weighted by atomic mass is 16.5. The molecule has 3 heteroatoms. The van der Waals surface area contributed by atoms with Gasteiger partial charge < -0.3 is 9.47 Å². The molecule has 4 rings (SSSR count). The van der Waals surface area contributed by atoms with Crippen LogP contribution in [0.2, 0.25) is 0 Å². The molecule has 1 fully saturated rings. The molecule has 162 valence electrons. The highest BCUT2D eigenvalue weighted by molar-refractivity contribution is 5.32. The molecule has 0 radical (unpaired) electrons. The van der Waals surface area contributed by atoms with Crippen molar-refractivity contribution < 1.29 is 9.47 Å². The molecule has 3 nitrogen and oxygen atoms in total. The Kier molecular flexibility index (Phi) is 7.62. The molecule has 1 atom stereocenters. The maximum Gasteiger partial charge on any atom is 0.120 e. The molecule has 3 aromatic carbocycles. The molecular weight excluding hydrogens is 382 g/mol. The number of aryl methyl sites for hydroxylation is 1. The van der Waals surface area contributed by atoms with Gasteiger partial charge in [0.05, 0.1) is 7.11 Å². The average Bonchev–Trinajstić information content (AvgIpc) is 2.84. The van der Waals surface area contributed by atoms with E-state index in [1.165, 1.54) is 48.9 Å². The first kappa shape index (κ1) is 21.5. The van der Waals surface area contributed by atoms with Gasteiger partial charge in [0.1, 0.15) is 18.1 Å². The van der Waals surface area contributed by atoms with Crippen molar-refractivity contribution in [2.24, 2.45) is 0 Å². The minimum Gasteiger partial charge on any atom is -0.497 e. The fourth-order valence-corrected chi connectivity index (χ4v) is 4.50. The highest BCUT2D eigenvalue weighted by Gasteiger charge is 2.23. The summed E-state index contributed by atoms with van der Waals surface area (Å²) in [7, 11) is 1.68. The van der Waals surface area contributed by atoms with Crippen molar-refractivity contribution in [3.8, 4) is 11.5 Å². The van der Waals surface area contributed by atoms with Crippen LogP contribution < -0.4 is 9.47 Å². The second-order valence-corrected chi connectivity index (χ2v) is 8.35. The van der Waals surface area contributed by atoms with Crippen molar-refractivity contribution in [1.82, 2.24) is 4.90 Å². The summed E-state index contributed by atoms with van der Waals surface area (Å²) >= 11 is 0. The Labute approximate surface area is 186 Å². The van der Waals surface area contributed by atoms with Crippen molar-refractivity contribution >= 4 is 0 Å². The predicted octanol–water partition coefficient (Wildman–Crippen LogP) is 6.43. The van der Waals surface area contributed by atoms with Gasteiger partial charge in [0.2, 0.25) is 0 Å². The fraction of sp³-hybridized carbons (Fsp3) is 0.357. The minimum atomic E-state index is 0.519. The van der Waals surface area contributed by atoms with Gasteiger partial charge in [-0.2, -0.15) is 0 Å². The zero-order chi connectivity index (χ0) is 21.3. The third kappa shape index (κ3) is 6.11. The molecule has 31 heavy (non-hydrogen) atoms. The maximum absolute atomic E-state index is 6.01. The van der Waals surface area contributed by atoms with Crippen LogP contribution in [0.4, 0.5) is 0 Å². The summed E-state index contributed by atoms with van der Waals surface area (Å²) in [5, 5.41) is 0. The molecule has 1 saturated heterocycles. The summed E-state index contributed by atoms with van der Waals surface area (Å²) in [5.41, 5.74) is 4.09. The monoisotopic (exact) mass is 415 g/mol. The van der Waals surface area contributed by atoms with Crippen LogP contribution in [-0.4, -0.2) is 25.1 Å². The van der Waals surface area contributed by atoms with Gasteiger partial charge in [-0.3, -0.25) is 4.90 Å². The van der Waals surface area contributed by atoms with Crippen LogP contribution in [0, 0.1) is 0 Å². The molecule has 1 heterocycles. The van der Waals surface area contributed by atoms with Crippen LogP contribution in [0.5, 0.6) is 11.5 Å². The van der Waals surface area contributed by atoms with E-state index < -0.39 is 0 Å². The quantitative estimate of drug-likeness (QED) is 0.402. The molecule has 0 saturated carbocycles. The standard InChI is InChI=1S/C28H33NO2/c1-30-26-15-17-27(18-16-26)31-22-24-11-7-13-25(21-24)28-14-5-6-19-29(28)20-8-12-23-9-3-2-4-10-23/h2-4,7,9-11,13,15-18,21,28H,5-6,8,12,14,19-20,22H2,1H3. The molecule has 3 aromatic rings. The van der Waals surface area contributed by atoms with Gasteiger partial charge in [-0.05, 0) is 79.7 Å². The summed E-state index contributed by atoms with van der Waals surface area (Å²) in [6, 6.07) is 28.1. The molecule has 0 N–H and O–H groups in total. The number of ether oxygens (including phenoxy) is 2. The number of benzene rings is 3. The van der Waals surface area contributed by atoms with Gasteiger partial charge in [-0.1, -0.05) is 61.0 Å². The van der Waals surface area contributed by atoms with Crippen LogP contribution in [-0.2, 0) is 13.0 Å². The van der Waals surface area contributed by atoms with Crippen molar-refractivity contribution in [1.29, 1.82) is 0 Å². The average molecular weight is 416 g/mol. The zero-order valence-corrected chi connectivity index (χ0v) is 18.5. The smallest absolute Gasteiger partial charge is 0.120 e. The largest absolute Gasteiger partial charge is 0.497 e. The van der Waals surface area contributed by atoms with Gasteiger partial charge >= 0.3 is 0 Å². The topological polar surface area (TPSA) is 21.7 Å². The van der Waals surface area contributed by atoms with Crippen molar-refractivity contribution in [3.05, 3.63) is 95.6 Å². The van der Waals surface area contributed by atoms with Crippen molar-refractivity contribution in [2.45, 2.75) is 44.8 Å². The first-order valence-corrected chi connectivity index (χ1v) is 11.5. The van der Waals surface area contributed by atoms with E-state index >= 15 is 0 Å². The number of likely N-dealkylation sites (tertiary alicyclic amines) is 1. The fourth-order valence-electron chi connectivity index (χ4n) is 4.50. The summed E-state index contributed by atoms with van der Waals surface area (Å²) in [6.45, 7) is 2.94. The second-order valence-electron chi connectivity index (χ2n) is 8.35. The van der Waals surface area contributed by atoms with E-state index in [1.54, 1.807) is 7.11 Å². The maximum atomic E-state index is 6.01. The lowest BCUT2D eigenvalue weighted by molar-refractivity contribution is 0.147. The van der Waals surface area contributed by atoms with Gasteiger partial charge in [-0.15, -0.1) is 0 Å². The van der Waals surface area contributed by atoms with Crippen molar-refractivity contribution in [3.63, 3.8) is 0 Å². The third-order valence-corrected chi connectivity index (χ3v) is 6.17. The predicted molar refractivity (Wildman–Crippen MR) is 127 cm³/mol. The Morgan fingerprint density at radius 1 is 0.839 bits per heavy atom. The molecule has 1 aliphatic heterocycles. The molecule has 0 aromatic heterocycles. The van der Waals surface area contributed by atoms with E-state index in [1.807, 2.05) is 24.3 Å². The Bertz CT molecular complexity index is 923. The Hall–Kier alpha value is -2.78. The number of methoxy groups -OCH3 is 1. The lowest BCUT2D eigenvalue weighted by atomic mass is 9.93. The van der Waals surface area contributed by atoms with E-state index in [4.69, 9.17) is 9.47 Å². The number of rotatable bonds is 9. The van der Waals surface area contributed by atoms with E-state index in [0.29, 0.717) is 12.6 Å². The van der Waals surface area contributed by atoms with Crippen LogP contribution in [0.3, 0.4) is 0 Å². The zero-order valence-electron chi connectivity index (χ0n) is 18.5. The third-order valence-electron chi connectivity index (χ3n) is 6.17. The first-order valence-electron chi connectivity index (χ1n) is 11.5. The normalized spacial score (nSPS) is 16.7. The Morgan fingerprint density at radius 2 is 1.61 bits per heavy atom. The SMILES string of the molecule is COc1ccc(OCc2cccc(C3CCCCN3CCCc3ccccc3)c2)cc1. The van der Waals surface area contributed by atoms with Gasteiger partial charge in [0.15, 0.2) is 0 Å². The number of nitrogens with zero attached hydrogens (tertiary/aromatic N) is 1. The summed E-state index contributed by atoms with van der Waals surface area (Å²) < 4.78 is 11.2. The number of piperidine rings is 1. The molecular formula is C28H33NO2. The summed E-state index contributed by atoms with van der Waals surface area (Å²) in [5.74, 6) is 1.71. The molecule has 0 bridgehead atoms. The summed E-state index contributed by atoms with van der Waals surface area (Å²) in [6.07, 6.45) is 6.23. The Balaban J connectivity index is 1.36. The lowest BCUT2D eigenvalue weighted by Crippen LogP contribution is -2.34. The Morgan fingerprint density at radius 3 is 2.42 bits per heavy atom. The number of hydrogen-bond donors (Lipinski definition) is 0. The second kappa shape index (κ2) is 11.0. The van der Waals surface area contributed by atoms with E-state index in [9.17, 15) is 0 Å². The molecule has 0 spiro atoms. The molecule has 1 unspecified atom stereocenters. The van der Waals surface area contributed by atoms with Crippen LogP contribution in [0.15, 0.2) is 78.9 Å². The van der Waals surface area contributed by atoms with E-state index in [-0.39, 0.29) is 0 Å². The van der Waals surface area contributed by atoms with E-state index in [2.05, 4.69) is 59.5 Å². The van der Waals surface area contributed by atoms with Crippen LogP contribution >= 0.6 is 0 Å². The van der Waals surface area contributed by atoms with Crippen LogP contribution in [0.25, 0.3) is 0 Å². The molecule has 0 amide bonds. The van der Waals surface area contributed by atoms with Gasteiger partial charge in [0.25, 0.3) is 0 Å².